The molecule has 0 aromatic rings. The van der Waals surface area contributed by atoms with E-state index in [2.05, 4.69) is 74.6 Å². The van der Waals surface area contributed by atoms with Crippen molar-refractivity contribution in [3.63, 3.8) is 0 Å². The third-order valence-electron chi connectivity index (χ3n) is 9.33. The maximum absolute atomic E-state index is 12.7. The summed E-state index contributed by atoms with van der Waals surface area (Å²) in [5.41, 5.74) is 0. The molecule has 0 bridgehead atoms. The second-order valence-electron chi connectivity index (χ2n) is 14.4. The summed E-state index contributed by atoms with van der Waals surface area (Å²) in [6.45, 7) is 3.26. The fourth-order valence-electron chi connectivity index (χ4n) is 5.87. The van der Waals surface area contributed by atoms with Crippen molar-refractivity contribution in [3.05, 3.63) is 72.9 Å². The Morgan fingerprint density at radius 2 is 1.04 bits per heavy atom. The number of aliphatic hydroxyl groups excluding tert-OH is 4. The minimum atomic E-state index is -1.61. The molecule has 1 heterocycles. The van der Waals surface area contributed by atoms with Crippen LogP contribution in [0.25, 0.3) is 0 Å². The number of hydrogen-bond donors (Lipinski definition) is 4. The van der Waals surface area contributed by atoms with Crippen LogP contribution in [0.3, 0.4) is 0 Å². The molecule has 320 valence electrons. The largest absolute Gasteiger partial charge is 0.462 e. The highest BCUT2D eigenvalue weighted by atomic mass is 16.7. The molecule has 0 radical (unpaired) electrons. The van der Waals surface area contributed by atoms with Gasteiger partial charge in [0.1, 0.15) is 31.0 Å². The minimum Gasteiger partial charge on any atom is -0.462 e. The number of hydrogen-bond acceptors (Lipinski definition) is 10. The smallest absolute Gasteiger partial charge is 0.306 e. The first-order valence-electron chi connectivity index (χ1n) is 21.5. The summed E-state index contributed by atoms with van der Waals surface area (Å²) in [4.78, 5) is 25.2. The summed E-state index contributed by atoms with van der Waals surface area (Å²) in [7, 11) is 0. The second kappa shape index (κ2) is 36.5. The van der Waals surface area contributed by atoms with Crippen LogP contribution in [0.5, 0.6) is 0 Å². The van der Waals surface area contributed by atoms with Crippen molar-refractivity contribution in [1.82, 2.24) is 0 Å². The molecule has 10 heteroatoms. The van der Waals surface area contributed by atoms with E-state index in [0.717, 1.165) is 64.2 Å². The Bertz CT molecular complexity index is 1140. The SMILES string of the molecule is CCCCC/C=C/C/C=C/C/C=C/C/C=C/C/C=C/CCC(=O)O[C@H](COC(=O)CCCCCCC/C=C/CCCCC)CO[C@@H]1O[C@H](CO)[C@H](O)C(O)C1O. The van der Waals surface area contributed by atoms with Crippen LogP contribution in [0.4, 0.5) is 0 Å². The summed E-state index contributed by atoms with van der Waals surface area (Å²) in [6, 6.07) is 0. The monoisotopic (exact) mass is 789 g/mol. The van der Waals surface area contributed by atoms with E-state index in [0.29, 0.717) is 12.8 Å². The van der Waals surface area contributed by atoms with Gasteiger partial charge in [-0.3, -0.25) is 9.59 Å². The highest BCUT2D eigenvalue weighted by Crippen LogP contribution is 2.22. The molecular formula is C46H76O10. The number of rotatable bonds is 34. The molecule has 56 heavy (non-hydrogen) atoms. The predicted molar refractivity (Wildman–Crippen MR) is 224 cm³/mol. The maximum atomic E-state index is 12.7. The molecular weight excluding hydrogens is 712 g/mol. The van der Waals surface area contributed by atoms with Gasteiger partial charge < -0.3 is 39.4 Å². The average Bonchev–Trinajstić information content (AvgIpc) is 3.19. The molecule has 0 spiro atoms. The van der Waals surface area contributed by atoms with Gasteiger partial charge in [-0.05, 0) is 77.0 Å². The van der Waals surface area contributed by atoms with Gasteiger partial charge >= 0.3 is 11.9 Å². The lowest BCUT2D eigenvalue weighted by molar-refractivity contribution is -0.305. The molecule has 0 aromatic carbocycles. The normalized spacial score (nSPS) is 21.1. The maximum Gasteiger partial charge on any atom is 0.306 e. The summed E-state index contributed by atoms with van der Waals surface area (Å²) < 4.78 is 22.0. The van der Waals surface area contributed by atoms with E-state index in [1.165, 1.54) is 44.9 Å². The van der Waals surface area contributed by atoms with Crippen LogP contribution < -0.4 is 0 Å². The van der Waals surface area contributed by atoms with Crippen molar-refractivity contribution in [2.45, 2.75) is 185 Å². The number of unbranched alkanes of at least 4 members (excludes halogenated alkanes) is 11. The molecule has 0 aromatic heterocycles. The van der Waals surface area contributed by atoms with Crippen LogP contribution in [0.2, 0.25) is 0 Å². The fraction of sp³-hybridized carbons (Fsp3) is 0.696. The van der Waals surface area contributed by atoms with E-state index in [1.54, 1.807) is 0 Å². The molecule has 1 aliphatic rings. The van der Waals surface area contributed by atoms with Crippen LogP contribution in [0.1, 0.15) is 149 Å². The van der Waals surface area contributed by atoms with Crippen LogP contribution in [-0.4, -0.2) is 89.0 Å². The standard InChI is InChI=1S/C46H76O10/c1-3-5-7-9-11-13-15-17-18-19-20-21-22-23-25-27-29-31-33-35-42(49)55-39(38-54-46-45(52)44(51)43(50)40(36-47)56-46)37-53-41(48)34-32-30-28-26-24-16-14-12-10-8-6-4-2/h11-14,17-18,20-21,23,25,29,31,39-40,43-47,50-52H,3-10,15-16,19,22,24,26-28,30,32-38H2,1-2H3/b13-11+,14-12+,18-17+,21-20+,25-23+,31-29+/t39-,40-,43+,44?,45?,46-/m1/s1. The van der Waals surface area contributed by atoms with Gasteiger partial charge in [0.05, 0.1) is 13.2 Å². The molecule has 1 fully saturated rings. The summed E-state index contributed by atoms with van der Waals surface area (Å²) >= 11 is 0. The second-order valence-corrected chi connectivity index (χ2v) is 14.4. The van der Waals surface area contributed by atoms with Gasteiger partial charge in [-0.1, -0.05) is 132 Å². The average molecular weight is 789 g/mol. The Balaban J connectivity index is 2.43. The first-order valence-corrected chi connectivity index (χ1v) is 21.5. The van der Waals surface area contributed by atoms with Crippen LogP contribution in [0, 0.1) is 0 Å². The van der Waals surface area contributed by atoms with Gasteiger partial charge in [-0.25, -0.2) is 0 Å². The summed E-state index contributed by atoms with van der Waals surface area (Å²) in [5.74, 6) is -0.921. The first kappa shape index (κ1) is 51.2. The molecule has 6 atom stereocenters. The summed E-state index contributed by atoms with van der Waals surface area (Å²) in [6.07, 6.45) is 37.8. The molecule has 1 saturated heterocycles. The van der Waals surface area contributed by atoms with Gasteiger partial charge in [-0.2, -0.15) is 0 Å². The van der Waals surface area contributed by atoms with Gasteiger partial charge in [0.15, 0.2) is 12.4 Å². The third-order valence-corrected chi connectivity index (χ3v) is 9.33. The first-order chi connectivity index (χ1) is 27.3. The van der Waals surface area contributed by atoms with Crippen molar-refractivity contribution in [2.75, 3.05) is 19.8 Å². The molecule has 2 unspecified atom stereocenters. The highest BCUT2D eigenvalue weighted by molar-refractivity contribution is 5.70. The predicted octanol–water partition coefficient (Wildman–Crippen LogP) is 8.83. The lowest BCUT2D eigenvalue weighted by Crippen LogP contribution is -2.59. The Morgan fingerprint density at radius 3 is 1.59 bits per heavy atom. The Kier molecular flexibility index (Phi) is 33.3. The minimum absolute atomic E-state index is 0.101. The zero-order valence-electron chi connectivity index (χ0n) is 34.6. The fourth-order valence-corrected chi connectivity index (χ4v) is 5.87. The zero-order chi connectivity index (χ0) is 40.9. The number of allylic oxidation sites excluding steroid dienone is 12. The summed E-state index contributed by atoms with van der Waals surface area (Å²) in [5, 5.41) is 40.0. The van der Waals surface area contributed by atoms with E-state index in [1.807, 2.05) is 12.2 Å². The molecule has 0 aliphatic carbocycles. The number of ether oxygens (including phenoxy) is 4. The quantitative estimate of drug-likeness (QED) is 0.0283. The van der Waals surface area contributed by atoms with E-state index < -0.39 is 55.4 Å². The van der Waals surface area contributed by atoms with E-state index >= 15 is 0 Å². The lowest BCUT2D eigenvalue weighted by atomic mass is 9.99. The van der Waals surface area contributed by atoms with Gasteiger partial charge in [0.25, 0.3) is 0 Å². The molecule has 0 amide bonds. The molecule has 0 saturated carbocycles. The number of aliphatic hydroxyl groups is 4. The molecule has 4 N–H and O–H groups in total. The lowest BCUT2D eigenvalue weighted by Gasteiger charge is -2.39. The van der Waals surface area contributed by atoms with Gasteiger partial charge in [0.2, 0.25) is 0 Å². The van der Waals surface area contributed by atoms with Crippen LogP contribution in [-0.2, 0) is 28.5 Å². The zero-order valence-corrected chi connectivity index (χ0v) is 34.6. The number of carbonyl (C=O) groups is 2. The van der Waals surface area contributed by atoms with Crippen LogP contribution >= 0.6 is 0 Å². The van der Waals surface area contributed by atoms with Crippen molar-refractivity contribution in [3.8, 4) is 0 Å². The van der Waals surface area contributed by atoms with Gasteiger partial charge in [-0.15, -0.1) is 0 Å². The molecule has 1 rings (SSSR count). The molecule has 10 nitrogen and oxygen atoms in total. The van der Waals surface area contributed by atoms with E-state index in [4.69, 9.17) is 18.9 Å². The third kappa shape index (κ3) is 27.7. The number of carbonyl (C=O) groups excluding carboxylic acids is 2. The Labute approximate surface area is 338 Å². The van der Waals surface area contributed by atoms with Crippen molar-refractivity contribution in [2.24, 2.45) is 0 Å². The Morgan fingerprint density at radius 1 is 0.554 bits per heavy atom. The van der Waals surface area contributed by atoms with Crippen molar-refractivity contribution >= 4 is 11.9 Å². The van der Waals surface area contributed by atoms with E-state index in [-0.39, 0.29) is 26.1 Å². The van der Waals surface area contributed by atoms with Gasteiger partial charge in [0, 0.05) is 12.8 Å². The number of esters is 2. The van der Waals surface area contributed by atoms with Crippen LogP contribution in [0.15, 0.2) is 72.9 Å². The van der Waals surface area contributed by atoms with E-state index in [9.17, 15) is 30.0 Å². The molecule has 1 aliphatic heterocycles. The Hall–Kier alpha value is -2.86. The highest BCUT2D eigenvalue weighted by Gasteiger charge is 2.44. The van der Waals surface area contributed by atoms with Crippen molar-refractivity contribution < 1.29 is 49.0 Å². The topological polar surface area (TPSA) is 152 Å². The van der Waals surface area contributed by atoms with Crippen molar-refractivity contribution in [1.29, 1.82) is 0 Å².